The van der Waals surface area contributed by atoms with E-state index in [0.717, 1.165) is 57.8 Å². The van der Waals surface area contributed by atoms with Gasteiger partial charge in [0.15, 0.2) is 6.10 Å². The van der Waals surface area contributed by atoms with Crippen molar-refractivity contribution in [1.82, 2.24) is 0 Å². The first-order chi connectivity index (χ1) is 23.5. The molecule has 0 N–H and O–H groups in total. The van der Waals surface area contributed by atoms with Crippen molar-refractivity contribution in [3.05, 3.63) is 0 Å². The molecule has 0 saturated carbocycles. The molecule has 0 radical (unpaired) electrons. The number of hydrogen-bond donors (Lipinski definition) is 0. The van der Waals surface area contributed by atoms with E-state index in [1.165, 1.54) is 135 Å². The van der Waals surface area contributed by atoms with Gasteiger partial charge in [0.1, 0.15) is 13.2 Å². The van der Waals surface area contributed by atoms with E-state index < -0.39 is 6.10 Å². The summed E-state index contributed by atoms with van der Waals surface area (Å²) in [6.07, 6.45) is 36.7. The van der Waals surface area contributed by atoms with Gasteiger partial charge in [-0.05, 0) is 19.3 Å². The van der Waals surface area contributed by atoms with Crippen LogP contribution in [-0.2, 0) is 28.6 Å². The minimum atomic E-state index is -0.755. The molecular weight excluding hydrogens is 600 g/mol. The fourth-order valence-electron chi connectivity index (χ4n) is 6.15. The first-order valence-electron chi connectivity index (χ1n) is 21.0. The topological polar surface area (TPSA) is 78.9 Å². The molecular formula is C42H80O6. The lowest BCUT2D eigenvalue weighted by Gasteiger charge is -2.18. The van der Waals surface area contributed by atoms with Gasteiger partial charge in [0.2, 0.25) is 0 Å². The highest BCUT2D eigenvalue weighted by Gasteiger charge is 2.19. The molecule has 6 heteroatoms. The normalized spacial score (nSPS) is 11.8. The maximum atomic E-state index is 12.6. The molecule has 0 fully saturated rings. The summed E-state index contributed by atoms with van der Waals surface area (Å²) < 4.78 is 16.6. The summed E-state index contributed by atoms with van der Waals surface area (Å²) in [6, 6.07) is 0. The second-order valence-electron chi connectivity index (χ2n) is 14.3. The zero-order chi connectivity index (χ0) is 35.2. The number of esters is 3. The van der Waals surface area contributed by atoms with Gasteiger partial charge in [0, 0.05) is 19.3 Å². The molecule has 0 aliphatic carbocycles. The highest BCUT2D eigenvalue weighted by Crippen LogP contribution is 2.15. The molecule has 284 valence electrons. The quantitative estimate of drug-likeness (QED) is 0.0367. The van der Waals surface area contributed by atoms with E-state index >= 15 is 0 Å². The third kappa shape index (κ3) is 35.7. The second-order valence-corrected chi connectivity index (χ2v) is 14.3. The third-order valence-electron chi connectivity index (χ3n) is 9.36. The van der Waals surface area contributed by atoms with E-state index in [-0.39, 0.29) is 31.1 Å². The Bertz CT molecular complexity index is 708. The Labute approximate surface area is 298 Å². The number of carbonyl (C=O) groups is 3. The smallest absolute Gasteiger partial charge is 0.306 e. The zero-order valence-electron chi connectivity index (χ0n) is 32.3. The average molecular weight is 681 g/mol. The van der Waals surface area contributed by atoms with Crippen LogP contribution >= 0.6 is 0 Å². The summed E-state index contributed by atoms with van der Waals surface area (Å²) in [5.41, 5.74) is 0. The van der Waals surface area contributed by atoms with Crippen molar-refractivity contribution < 1.29 is 28.6 Å². The van der Waals surface area contributed by atoms with Gasteiger partial charge in [0.05, 0.1) is 0 Å². The largest absolute Gasteiger partial charge is 0.462 e. The van der Waals surface area contributed by atoms with Crippen LogP contribution in [0.4, 0.5) is 0 Å². The molecule has 0 spiro atoms. The van der Waals surface area contributed by atoms with E-state index in [4.69, 9.17) is 14.2 Å². The fraction of sp³-hybridized carbons (Fsp3) is 0.929. The molecule has 1 unspecified atom stereocenters. The molecule has 0 aromatic rings. The molecule has 1 atom stereocenters. The van der Waals surface area contributed by atoms with Gasteiger partial charge in [-0.1, -0.05) is 194 Å². The summed E-state index contributed by atoms with van der Waals surface area (Å²) in [6.45, 7) is 6.57. The van der Waals surface area contributed by atoms with E-state index in [2.05, 4.69) is 20.8 Å². The van der Waals surface area contributed by atoms with Gasteiger partial charge in [-0.2, -0.15) is 0 Å². The van der Waals surface area contributed by atoms with Crippen molar-refractivity contribution in [2.45, 2.75) is 239 Å². The van der Waals surface area contributed by atoms with Crippen molar-refractivity contribution in [2.24, 2.45) is 0 Å². The predicted molar refractivity (Wildman–Crippen MR) is 201 cm³/mol. The van der Waals surface area contributed by atoms with Gasteiger partial charge < -0.3 is 14.2 Å². The second kappa shape index (κ2) is 38.2. The predicted octanol–water partition coefficient (Wildman–Crippen LogP) is 12.9. The molecule has 0 aromatic carbocycles. The highest BCUT2D eigenvalue weighted by atomic mass is 16.6. The molecule has 0 rings (SSSR count). The van der Waals surface area contributed by atoms with Crippen molar-refractivity contribution >= 4 is 17.9 Å². The van der Waals surface area contributed by atoms with Crippen molar-refractivity contribution in [3.8, 4) is 0 Å². The third-order valence-corrected chi connectivity index (χ3v) is 9.36. The summed E-state index contributed by atoms with van der Waals surface area (Å²) in [5.74, 6) is -0.867. The Hall–Kier alpha value is -1.59. The first-order valence-corrected chi connectivity index (χ1v) is 21.0. The van der Waals surface area contributed by atoms with Crippen LogP contribution in [0.3, 0.4) is 0 Å². The maximum absolute atomic E-state index is 12.6. The van der Waals surface area contributed by atoms with Crippen LogP contribution < -0.4 is 0 Å². The van der Waals surface area contributed by atoms with E-state index in [1.54, 1.807) is 0 Å². The van der Waals surface area contributed by atoms with E-state index in [9.17, 15) is 14.4 Å². The number of ether oxygens (including phenoxy) is 3. The Balaban J connectivity index is 4.26. The minimum Gasteiger partial charge on any atom is -0.462 e. The molecule has 6 nitrogen and oxygen atoms in total. The Morgan fingerprint density at radius 2 is 0.562 bits per heavy atom. The Kier molecular flexibility index (Phi) is 36.9. The molecule has 0 aliphatic rings. The number of carbonyl (C=O) groups excluding carboxylic acids is 3. The Morgan fingerprint density at radius 3 is 0.833 bits per heavy atom. The molecule has 0 aliphatic heterocycles. The van der Waals surface area contributed by atoms with Gasteiger partial charge in [-0.25, -0.2) is 0 Å². The Morgan fingerprint density at radius 1 is 0.333 bits per heavy atom. The van der Waals surface area contributed by atoms with Gasteiger partial charge >= 0.3 is 17.9 Å². The zero-order valence-corrected chi connectivity index (χ0v) is 32.3. The lowest BCUT2D eigenvalue weighted by molar-refractivity contribution is -0.167. The maximum Gasteiger partial charge on any atom is 0.306 e. The number of rotatable bonds is 38. The van der Waals surface area contributed by atoms with Gasteiger partial charge in [0.25, 0.3) is 0 Å². The summed E-state index contributed by atoms with van der Waals surface area (Å²) in [4.78, 5) is 37.4. The van der Waals surface area contributed by atoms with Crippen molar-refractivity contribution in [2.75, 3.05) is 13.2 Å². The fourth-order valence-corrected chi connectivity index (χ4v) is 6.15. The molecule has 0 amide bonds. The van der Waals surface area contributed by atoms with Crippen LogP contribution in [0.15, 0.2) is 0 Å². The number of unbranched alkanes of at least 4 members (excludes halogenated alkanes) is 27. The minimum absolute atomic E-state index is 0.0639. The van der Waals surface area contributed by atoms with Crippen molar-refractivity contribution in [1.29, 1.82) is 0 Å². The van der Waals surface area contributed by atoms with Crippen molar-refractivity contribution in [3.63, 3.8) is 0 Å². The van der Waals surface area contributed by atoms with Crippen LogP contribution in [0.2, 0.25) is 0 Å². The average Bonchev–Trinajstić information content (AvgIpc) is 3.08. The van der Waals surface area contributed by atoms with E-state index in [1.807, 2.05) is 0 Å². The first kappa shape index (κ1) is 46.4. The molecule has 0 heterocycles. The van der Waals surface area contributed by atoms with Gasteiger partial charge in [-0.3, -0.25) is 14.4 Å². The molecule has 0 saturated heterocycles. The van der Waals surface area contributed by atoms with Crippen LogP contribution in [0.5, 0.6) is 0 Å². The summed E-state index contributed by atoms with van der Waals surface area (Å²) >= 11 is 0. The summed E-state index contributed by atoms with van der Waals surface area (Å²) in [5, 5.41) is 0. The monoisotopic (exact) mass is 681 g/mol. The molecule has 48 heavy (non-hydrogen) atoms. The van der Waals surface area contributed by atoms with Crippen LogP contribution in [0.1, 0.15) is 233 Å². The lowest BCUT2D eigenvalue weighted by Crippen LogP contribution is -2.30. The number of hydrogen-bond acceptors (Lipinski definition) is 6. The van der Waals surface area contributed by atoms with Crippen LogP contribution in [-0.4, -0.2) is 37.2 Å². The van der Waals surface area contributed by atoms with Crippen LogP contribution in [0, 0.1) is 0 Å². The van der Waals surface area contributed by atoms with E-state index in [0.29, 0.717) is 19.3 Å². The van der Waals surface area contributed by atoms with Gasteiger partial charge in [-0.15, -0.1) is 0 Å². The standard InChI is InChI=1S/C42H80O6/c1-4-7-10-13-16-18-20-22-24-26-29-32-35-41(44)47-38-39(37-46-40(43)34-31-28-15-12-9-6-3)48-42(45)36-33-30-27-25-23-21-19-17-14-11-8-5-2/h39H,4-38H2,1-3H3. The van der Waals surface area contributed by atoms with Crippen LogP contribution in [0.25, 0.3) is 0 Å². The lowest BCUT2D eigenvalue weighted by atomic mass is 10.0. The SMILES string of the molecule is CCCCCCCCCCCCCCC(=O)OCC(COC(=O)CCCCCCCC)OC(=O)CCCCCCCCCCCCCC. The highest BCUT2D eigenvalue weighted by molar-refractivity contribution is 5.71. The molecule has 0 aromatic heterocycles. The molecule has 0 bridgehead atoms. The summed E-state index contributed by atoms with van der Waals surface area (Å²) in [7, 11) is 0.